The highest BCUT2D eigenvalue weighted by molar-refractivity contribution is 7.15. The number of aromatic nitrogens is 3. The topological polar surface area (TPSA) is 69.6 Å². The molecule has 0 fully saturated rings. The molecule has 0 aliphatic rings. The van der Waals surface area contributed by atoms with Crippen molar-refractivity contribution in [3.05, 3.63) is 63.1 Å². The molecule has 0 spiro atoms. The highest BCUT2D eigenvalue weighted by atomic mass is 32.1. The first-order valence-corrected chi connectivity index (χ1v) is 7.65. The maximum Gasteiger partial charge on any atom is 0.291 e. The summed E-state index contributed by atoms with van der Waals surface area (Å²) in [5, 5.41) is 4.21. The minimum absolute atomic E-state index is 0.189. The highest BCUT2D eigenvalue weighted by Gasteiger charge is 2.13. The molecule has 7 heteroatoms. The second-order valence-electron chi connectivity index (χ2n) is 4.80. The number of nitrogens with zero attached hydrogens (tertiary/aromatic N) is 3. The summed E-state index contributed by atoms with van der Waals surface area (Å²) in [5.41, 5.74) is 0.727. The maximum atomic E-state index is 12.4. The van der Waals surface area contributed by atoms with E-state index in [0.717, 1.165) is 11.3 Å². The summed E-state index contributed by atoms with van der Waals surface area (Å²) in [7, 11) is 1.62. The summed E-state index contributed by atoms with van der Waals surface area (Å²) in [6.07, 6.45) is 3.36. The molecule has 1 aromatic carbocycles. The van der Waals surface area contributed by atoms with Crippen molar-refractivity contribution in [1.82, 2.24) is 14.6 Å². The summed E-state index contributed by atoms with van der Waals surface area (Å²) in [5.74, 6) is 1.73. The molecule has 0 radical (unpaired) electrons. The van der Waals surface area contributed by atoms with Crippen LogP contribution < -0.4 is 14.8 Å². The standard InChI is InChI=1S/C16H11N3O3S/c1-21-11-6-4-10(5-7-11)9-13-15(20)19-16(23-13)17-14(18-19)12-3-2-8-22-12/h2-9H,1H3. The third-order valence-electron chi connectivity index (χ3n) is 3.34. The number of methoxy groups -OCH3 is 1. The summed E-state index contributed by atoms with van der Waals surface area (Å²) in [6, 6.07) is 11.0. The van der Waals surface area contributed by atoms with Crippen molar-refractivity contribution in [2.75, 3.05) is 7.11 Å². The Morgan fingerprint density at radius 1 is 1.26 bits per heavy atom. The average Bonchev–Trinajstić information content (AvgIpc) is 3.27. The van der Waals surface area contributed by atoms with Crippen molar-refractivity contribution in [3.63, 3.8) is 0 Å². The number of rotatable bonds is 3. The molecule has 0 aliphatic heterocycles. The largest absolute Gasteiger partial charge is 0.497 e. The van der Waals surface area contributed by atoms with E-state index < -0.39 is 0 Å². The van der Waals surface area contributed by atoms with Gasteiger partial charge in [0.15, 0.2) is 5.76 Å². The molecule has 23 heavy (non-hydrogen) atoms. The zero-order valence-corrected chi connectivity index (χ0v) is 12.9. The first-order chi connectivity index (χ1) is 11.2. The van der Waals surface area contributed by atoms with Gasteiger partial charge in [-0.3, -0.25) is 4.79 Å². The van der Waals surface area contributed by atoms with Gasteiger partial charge in [0.1, 0.15) is 5.75 Å². The lowest BCUT2D eigenvalue weighted by molar-refractivity contribution is 0.415. The van der Waals surface area contributed by atoms with Crippen LogP contribution in [0.15, 0.2) is 51.9 Å². The van der Waals surface area contributed by atoms with Crippen molar-refractivity contribution in [2.45, 2.75) is 0 Å². The molecule has 4 aromatic rings. The van der Waals surface area contributed by atoms with Gasteiger partial charge in [-0.25, -0.2) is 0 Å². The van der Waals surface area contributed by atoms with E-state index in [1.165, 1.54) is 15.9 Å². The molecule has 4 rings (SSSR count). The molecule has 0 amide bonds. The number of thiazole rings is 1. The Bertz CT molecular complexity index is 1060. The number of ether oxygens (including phenoxy) is 1. The normalized spacial score (nSPS) is 12.1. The predicted octanol–water partition coefficient (Wildman–Crippen LogP) is 1.97. The van der Waals surface area contributed by atoms with Crippen LogP contribution in [0, 0.1) is 0 Å². The molecule has 0 unspecified atom stereocenters. The van der Waals surface area contributed by atoms with E-state index in [-0.39, 0.29) is 5.56 Å². The smallest absolute Gasteiger partial charge is 0.291 e. The Morgan fingerprint density at radius 3 is 2.74 bits per heavy atom. The SMILES string of the molecule is COc1ccc(C=c2sc3nc(-c4ccco4)nn3c2=O)cc1. The van der Waals surface area contributed by atoms with Gasteiger partial charge in [0.25, 0.3) is 5.56 Å². The Balaban J connectivity index is 1.79. The van der Waals surface area contributed by atoms with Crippen LogP contribution in [0.25, 0.3) is 22.6 Å². The molecule has 114 valence electrons. The summed E-state index contributed by atoms with van der Waals surface area (Å²) >= 11 is 1.30. The van der Waals surface area contributed by atoms with Crippen molar-refractivity contribution in [3.8, 4) is 17.3 Å². The van der Waals surface area contributed by atoms with Crippen LogP contribution in [-0.2, 0) is 0 Å². The van der Waals surface area contributed by atoms with Crippen LogP contribution in [0.3, 0.4) is 0 Å². The molecule has 0 bridgehead atoms. The molecule has 3 aromatic heterocycles. The quantitative estimate of drug-likeness (QED) is 0.576. The van der Waals surface area contributed by atoms with E-state index in [2.05, 4.69) is 10.1 Å². The van der Waals surface area contributed by atoms with E-state index in [4.69, 9.17) is 9.15 Å². The van der Waals surface area contributed by atoms with Gasteiger partial charge in [-0.2, -0.15) is 9.50 Å². The van der Waals surface area contributed by atoms with Gasteiger partial charge in [-0.15, -0.1) is 5.10 Å². The Hall–Kier alpha value is -2.93. The third kappa shape index (κ3) is 2.40. The first-order valence-electron chi connectivity index (χ1n) is 6.84. The van der Waals surface area contributed by atoms with Gasteiger partial charge in [-0.05, 0) is 35.9 Å². The van der Waals surface area contributed by atoms with Crippen LogP contribution in [0.1, 0.15) is 5.56 Å². The van der Waals surface area contributed by atoms with Crippen molar-refractivity contribution in [2.24, 2.45) is 0 Å². The molecule has 0 N–H and O–H groups in total. The Morgan fingerprint density at radius 2 is 2.09 bits per heavy atom. The second-order valence-corrected chi connectivity index (χ2v) is 5.81. The van der Waals surface area contributed by atoms with E-state index in [9.17, 15) is 4.79 Å². The van der Waals surface area contributed by atoms with Crippen LogP contribution in [0.4, 0.5) is 0 Å². The lowest BCUT2D eigenvalue weighted by Gasteiger charge is -1.98. The van der Waals surface area contributed by atoms with E-state index >= 15 is 0 Å². The fraction of sp³-hybridized carbons (Fsp3) is 0.0625. The number of hydrogen-bond donors (Lipinski definition) is 0. The highest BCUT2D eigenvalue weighted by Crippen LogP contribution is 2.16. The Labute approximate surface area is 134 Å². The lowest BCUT2D eigenvalue weighted by atomic mass is 10.2. The number of benzene rings is 1. The average molecular weight is 325 g/mol. The Kier molecular flexibility index (Phi) is 3.20. The van der Waals surface area contributed by atoms with Crippen molar-refractivity contribution >= 4 is 22.4 Å². The molecule has 3 heterocycles. The minimum Gasteiger partial charge on any atom is -0.497 e. The van der Waals surface area contributed by atoms with Gasteiger partial charge in [-0.1, -0.05) is 23.5 Å². The monoisotopic (exact) mass is 325 g/mol. The van der Waals surface area contributed by atoms with Gasteiger partial charge < -0.3 is 9.15 Å². The van der Waals surface area contributed by atoms with E-state index in [0.29, 0.717) is 21.1 Å². The zero-order chi connectivity index (χ0) is 15.8. The number of fused-ring (bicyclic) bond motifs is 1. The minimum atomic E-state index is -0.189. The zero-order valence-electron chi connectivity index (χ0n) is 12.1. The molecule has 0 saturated carbocycles. The molecule has 0 atom stereocenters. The number of hydrogen-bond acceptors (Lipinski definition) is 6. The van der Waals surface area contributed by atoms with Gasteiger partial charge in [0.2, 0.25) is 10.8 Å². The van der Waals surface area contributed by atoms with Crippen LogP contribution >= 0.6 is 11.3 Å². The van der Waals surface area contributed by atoms with Gasteiger partial charge in [0, 0.05) is 0 Å². The first kappa shape index (κ1) is 13.7. The molecule has 6 nitrogen and oxygen atoms in total. The number of furan rings is 1. The summed E-state index contributed by atoms with van der Waals surface area (Å²) in [6.45, 7) is 0. The van der Waals surface area contributed by atoms with Crippen molar-refractivity contribution in [1.29, 1.82) is 0 Å². The molecule has 0 saturated heterocycles. The van der Waals surface area contributed by atoms with E-state index in [1.807, 2.05) is 30.3 Å². The molecular formula is C16H11N3O3S. The third-order valence-corrected chi connectivity index (χ3v) is 4.30. The van der Waals surface area contributed by atoms with Crippen molar-refractivity contribution < 1.29 is 9.15 Å². The van der Waals surface area contributed by atoms with Gasteiger partial charge >= 0.3 is 0 Å². The predicted molar refractivity (Wildman–Crippen MR) is 86.6 cm³/mol. The summed E-state index contributed by atoms with van der Waals surface area (Å²) in [4.78, 5) is 17.3. The summed E-state index contributed by atoms with van der Waals surface area (Å²) < 4.78 is 12.3. The van der Waals surface area contributed by atoms with Crippen LogP contribution in [-0.4, -0.2) is 21.7 Å². The van der Waals surface area contributed by atoms with Gasteiger partial charge in [0.05, 0.1) is 17.9 Å². The molecular weight excluding hydrogens is 314 g/mol. The molecule has 0 aliphatic carbocycles. The fourth-order valence-corrected chi connectivity index (χ4v) is 3.10. The van der Waals surface area contributed by atoms with Crippen LogP contribution in [0.5, 0.6) is 5.75 Å². The van der Waals surface area contributed by atoms with E-state index in [1.54, 1.807) is 25.5 Å². The lowest BCUT2D eigenvalue weighted by Crippen LogP contribution is -2.23. The second kappa shape index (κ2) is 5.36. The maximum absolute atomic E-state index is 12.4. The fourth-order valence-electron chi connectivity index (χ4n) is 2.20. The van der Waals surface area contributed by atoms with Crippen LogP contribution in [0.2, 0.25) is 0 Å².